The number of nitrogens with one attached hydrogen (secondary N) is 1. The normalized spacial score (nSPS) is 12.2. The molecule has 0 bridgehead atoms. The highest BCUT2D eigenvalue weighted by Crippen LogP contribution is 2.18. The van der Waals surface area contributed by atoms with E-state index >= 15 is 0 Å². The average Bonchev–Trinajstić information content (AvgIpc) is 3.10. The molecule has 0 fully saturated rings. The minimum absolute atomic E-state index is 0.0195. The standard InChI is InChI=1S/C38H64BrNO12/c39-28-33(42)18-14-11-12-16-30(37(47)48)27-34(43)29-52-25-24-51-23-22-40-35(44)21-20-31(38(49)50)26-32(41)17-13-9-7-5-3-1-2-4-6-8-10-15-19-36(45)46/h30-31H,1-29H2,(H,40,44)(H,45,46)(H,47,48)(H,49,50). The smallest absolute Gasteiger partial charge is 0.306 e. The van der Waals surface area contributed by atoms with Crippen molar-refractivity contribution in [1.82, 2.24) is 5.32 Å². The van der Waals surface area contributed by atoms with E-state index in [9.17, 15) is 43.8 Å². The first-order chi connectivity index (χ1) is 25.0. The first-order valence-electron chi connectivity index (χ1n) is 19.2. The molecule has 13 nitrogen and oxygen atoms in total. The van der Waals surface area contributed by atoms with Crippen molar-refractivity contribution in [2.24, 2.45) is 11.8 Å². The van der Waals surface area contributed by atoms with E-state index in [1.54, 1.807) is 0 Å². The molecular weight excluding hydrogens is 742 g/mol. The Kier molecular flexibility index (Phi) is 32.3. The summed E-state index contributed by atoms with van der Waals surface area (Å²) in [6, 6.07) is 0. The predicted octanol–water partition coefficient (Wildman–Crippen LogP) is 6.70. The van der Waals surface area contributed by atoms with Crippen LogP contribution in [0.25, 0.3) is 0 Å². The summed E-state index contributed by atoms with van der Waals surface area (Å²) in [6.07, 6.45) is 15.8. The molecule has 0 spiro atoms. The van der Waals surface area contributed by atoms with E-state index in [2.05, 4.69) is 21.2 Å². The van der Waals surface area contributed by atoms with Crippen molar-refractivity contribution in [2.45, 2.75) is 148 Å². The highest BCUT2D eigenvalue weighted by Gasteiger charge is 2.22. The van der Waals surface area contributed by atoms with Crippen LogP contribution in [0.5, 0.6) is 0 Å². The molecule has 52 heavy (non-hydrogen) atoms. The summed E-state index contributed by atoms with van der Waals surface area (Å²) < 4.78 is 10.7. The van der Waals surface area contributed by atoms with E-state index in [-0.39, 0.29) is 88.3 Å². The van der Waals surface area contributed by atoms with Crippen molar-refractivity contribution in [1.29, 1.82) is 0 Å². The Labute approximate surface area is 317 Å². The summed E-state index contributed by atoms with van der Waals surface area (Å²) in [7, 11) is 0. The average molecular weight is 807 g/mol. The number of hydrogen-bond acceptors (Lipinski definition) is 9. The molecule has 0 aromatic heterocycles. The van der Waals surface area contributed by atoms with Crippen LogP contribution in [-0.4, -0.2) is 94.8 Å². The monoisotopic (exact) mass is 805 g/mol. The van der Waals surface area contributed by atoms with Gasteiger partial charge in [-0.05, 0) is 32.1 Å². The second kappa shape index (κ2) is 34.1. The Bertz CT molecular complexity index is 1040. The summed E-state index contributed by atoms with van der Waals surface area (Å²) in [4.78, 5) is 81.7. The molecule has 0 aliphatic heterocycles. The molecule has 4 N–H and O–H groups in total. The fourth-order valence-corrected chi connectivity index (χ4v) is 6.00. The van der Waals surface area contributed by atoms with Crippen LogP contribution in [0.4, 0.5) is 0 Å². The molecule has 0 radical (unpaired) electrons. The van der Waals surface area contributed by atoms with E-state index in [1.165, 1.54) is 19.3 Å². The third kappa shape index (κ3) is 32.0. The van der Waals surface area contributed by atoms with Crippen LogP contribution in [0.1, 0.15) is 148 Å². The molecule has 0 saturated heterocycles. The number of amides is 1. The molecule has 1 amide bonds. The molecule has 2 atom stereocenters. The highest BCUT2D eigenvalue weighted by molar-refractivity contribution is 9.09. The number of ketones is 3. The number of halogens is 1. The van der Waals surface area contributed by atoms with Gasteiger partial charge in [0, 0.05) is 45.1 Å². The molecule has 0 aliphatic carbocycles. The number of Topliss-reactive ketones (excluding diaryl/α,β-unsaturated/α-hetero) is 3. The topological polar surface area (TPSA) is 211 Å². The number of hydrogen-bond donors (Lipinski definition) is 4. The lowest BCUT2D eigenvalue weighted by Gasteiger charge is -2.12. The van der Waals surface area contributed by atoms with Gasteiger partial charge in [0.1, 0.15) is 18.2 Å². The molecule has 300 valence electrons. The molecule has 0 rings (SSSR count). The second-order valence-corrected chi connectivity index (χ2v) is 14.1. The number of carbonyl (C=O) groups is 7. The van der Waals surface area contributed by atoms with E-state index in [1.807, 2.05) is 0 Å². The van der Waals surface area contributed by atoms with Crippen molar-refractivity contribution < 1.29 is 58.4 Å². The Balaban J connectivity index is 3.87. The van der Waals surface area contributed by atoms with E-state index in [0.29, 0.717) is 37.4 Å². The minimum atomic E-state index is -1.09. The fourth-order valence-electron chi connectivity index (χ4n) is 5.72. The van der Waals surface area contributed by atoms with Crippen LogP contribution in [0, 0.1) is 11.8 Å². The second-order valence-electron chi connectivity index (χ2n) is 13.5. The Morgan fingerprint density at radius 2 is 0.962 bits per heavy atom. The number of carbonyl (C=O) groups excluding carboxylic acids is 4. The first kappa shape index (κ1) is 49.3. The summed E-state index contributed by atoms with van der Waals surface area (Å²) in [6.45, 7) is 0.453. The quantitative estimate of drug-likeness (QED) is 0.0378. The maximum atomic E-state index is 12.4. The van der Waals surface area contributed by atoms with Crippen molar-refractivity contribution in [3.8, 4) is 0 Å². The number of aliphatic carboxylic acids is 3. The van der Waals surface area contributed by atoms with Gasteiger partial charge in [-0.1, -0.05) is 93.0 Å². The van der Waals surface area contributed by atoms with Gasteiger partial charge >= 0.3 is 17.9 Å². The van der Waals surface area contributed by atoms with E-state index in [4.69, 9.17) is 14.6 Å². The van der Waals surface area contributed by atoms with Gasteiger partial charge < -0.3 is 30.1 Å². The number of carboxylic acids is 3. The van der Waals surface area contributed by atoms with Gasteiger partial charge in [0.2, 0.25) is 5.91 Å². The third-order valence-electron chi connectivity index (χ3n) is 8.82. The van der Waals surface area contributed by atoms with Gasteiger partial charge in [-0.25, -0.2) is 0 Å². The van der Waals surface area contributed by atoms with Crippen LogP contribution in [0.15, 0.2) is 0 Å². The zero-order chi connectivity index (χ0) is 38.8. The Morgan fingerprint density at radius 1 is 0.500 bits per heavy atom. The van der Waals surface area contributed by atoms with Gasteiger partial charge in [-0.3, -0.25) is 33.6 Å². The molecule has 0 heterocycles. The minimum Gasteiger partial charge on any atom is -0.481 e. The van der Waals surface area contributed by atoms with Gasteiger partial charge in [0.15, 0.2) is 5.78 Å². The molecule has 0 saturated carbocycles. The molecule has 0 aromatic carbocycles. The first-order valence-corrected chi connectivity index (χ1v) is 20.3. The van der Waals surface area contributed by atoms with Crippen LogP contribution < -0.4 is 5.32 Å². The van der Waals surface area contributed by atoms with Crippen molar-refractivity contribution >= 4 is 57.1 Å². The fraction of sp³-hybridized carbons (Fsp3) is 0.816. The van der Waals surface area contributed by atoms with Crippen molar-refractivity contribution in [3.63, 3.8) is 0 Å². The highest BCUT2D eigenvalue weighted by atomic mass is 79.9. The molecule has 2 unspecified atom stereocenters. The molecule has 0 aliphatic rings. The maximum absolute atomic E-state index is 12.4. The molecular formula is C38H64BrNO12. The van der Waals surface area contributed by atoms with Crippen LogP contribution in [0.3, 0.4) is 0 Å². The summed E-state index contributed by atoms with van der Waals surface area (Å²) in [5, 5.41) is 30.6. The molecule has 14 heteroatoms. The van der Waals surface area contributed by atoms with Gasteiger partial charge in [0.05, 0.1) is 37.0 Å². The van der Waals surface area contributed by atoms with Crippen molar-refractivity contribution in [2.75, 3.05) is 38.3 Å². The number of alkyl halides is 1. The Hall–Kier alpha value is -2.71. The van der Waals surface area contributed by atoms with Gasteiger partial charge in [-0.2, -0.15) is 0 Å². The summed E-state index contributed by atoms with van der Waals surface area (Å²) in [5.74, 6) is -5.17. The summed E-state index contributed by atoms with van der Waals surface area (Å²) in [5.41, 5.74) is 0. The van der Waals surface area contributed by atoms with E-state index < -0.39 is 29.7 Å². The van der Waals surface area contributed by atoms with Crippen LogP contribution >= 0.6 is 15.9 Å². The largest absolute Gasteiger partial charge is 0.481 e. The van der Waals surface area contributed by atoms with Gasteiger partial charge in [-0.15, -0.1) is 0 Å². The predicted molar refractivity (Wildman–Crippen MR) is 200 cm³/mol. The van der Waals surface area contributed by atoms with Crippen LogP contribution in [-0.2, 0) is 43.0 Å². The number of ether oxygens (including phenoxy) is 2. The zero-order valence-corrected chi connectivity index (χ0v) is 32.6. The number of carboxylic acid groups (broad SMARTS) is 3. The van der Waals surface area contributed by atoms with Crippen molar-refractivity contribution in [3.05, 3.63) is 0 Å². The lowest BCUT2D eigenvalue weighted by molar-refractivity contribution is -0.145. The van der Waals surface area contributed by atoms with Gasteiger partial charge in [0.25, 0.3) is 0 Å². The maximum Gasteiger partial charge on any atom is 0.306 e. The van der Waals surface area contributed by atoms with Crippen LogP contribution in [0.2, 0.25) is 0 Å². The number of unbranched alkanes of at least 4 members (excludes halogenated alkanes) is 13. The third-order valence-corrected chi connectivity index (χ3v) is 9.45. The lowest BCUT2D eigenvalue weighted by Crippen LogP contribution is -2.29. The number of rotatable bonds is 39. The van der Waals surface area contributed by atoms with E-state index in [0.717, 1.165) is 64.2 Å². The SMILES string of the molecule is O=C(O)CCCCCCCCCCCCCCC(=O)CC(CCC(=O)NCCOCCOCC(=O)CC(CCCCCC(=O)CBr)C(=O)O)C(=O)O. The summed E-state index contributed by atoms with van der Waals surface area (Å²) >= 11 is 3.11. The Morgan fingerprint density at radius 3 is 1.50 bits per heavy atom. The lowest BCUT2D eigenvalue weighted by atomic mass is 9.94. The zero-order valence-electron chi connectivity index (χ0n) is 31.1. The molecule has 0 aromatic rings.